The number of Topliss-reactive ketones (excluding diaryl/α,β-unsaturated/α-hetero) is 1. The molecule has 0 atom stereocenters. The number of fused-ring (bicyclic) bond motifs is 3. The van der Waals surface area contributed by atoms with E-state index in [0.29, 0.717) is 36.2 Å². The molecule has 0 fully saturated rings. The van der Waals surface area contributed by atoms with Crippen LogP contribution in [0.4, 0.5) is 0 Å². The van der Waals surface area contributed by atoms with Crippen LogP contribution in [0.5, 0.6) is 17.2 Å². The maximum absolute atomic E-state index is 12.9. The Balaban J connectivity index is 1.43. The third-order valence-corrected chi connectivity index (χ3v) is 5.65. The molecular weight excluding hydrogens is 414 g/mol. The monoisotopic (exact) mass is 433 g/mol. The molecule has 0 aliphatic carbocycles. The number of ether oxygens (including phenoxy) is 3. The number of ketones is 1. The summed E-state index contributed by atoms with van der Waals surface area (Å²) >= 11 is 6.07. The van der Waals surface area contributed by atoms with Gasteiger partial charge in [-0.2, -0.15) is 0 Å². The van der Waals surface area contributed by atoms with Crippen molar-refractivity contribution in [2.45, 2.75) is 13.1 Å². The van der Waals surface area contributed by atoms with Crippen molar-refractivity contribution in [3.05, 3.63) is 93.7 Å². The number of methoxy groups -OCH3 is 1. The molecular formula is C25H20ClNO4. The Bertz CT molecular complexity index is 1200. The number of benzene rings is 3. The minimum absolute atomic E-state index is 0.139. The van der Waals surface area contributed by atoms with Gasteiger partial charge in [-0.25, -0.2) is 0 Å². The average molecular weight is 434 g/mol. The van der Waals surface area contributed by atoms with Crippen molar-refractivity contribution in [3.8, 4) is 17.2 Å². The van der Waals surface area contributed by atoms with Crippen LogP contribution in [-0.2, 0) is 13.1 Å². The van der Waals surface area contributed by atoms with Gasteiger partial charge in [-0.3, -0.25) is 9.69 Å². The minimum Gasteiger partial charge on any atom is -0.496 e. The minimum atomic E-state index is -0.139. The molecule has 0 bridgehead atoms. The van der Waals surface area contributed by atoms with E-state index in [9.17, 15) is 4.79 Å². The zero-order valence-electron chi connectivity index (χ0n) is 16.9. The zero-order chi connectivity index (χ0) is 21.4. The van der Waals surface area contributed by atoms with Gasteiger partial charge in [0.05, 0.1) is 18.2 Å². The molecule has 0 spiro atoms. The van der Waals surface area contributed by atoms with Crippen molar-refractivity contribution in [2.24, 2.45) is 0 Å². The number of hydrogen-bond donors (Lipinski definition) is 0. The molecule has 0 N–H and O–H groups in total. The van der Waals surface area contributed by atoms with Crippen molar-refractivity contribution < 1.29 is 19.0 Å². The Hall–Kier alpha value is -3.28. The van der Waals surface area contributed by atoms with Gasteiger partial charge < -0.3 is 14.2 Å². The lowest BCUT2D eigenvalue weighted by atomic mass is 10.0. The van der Waals surface area contributed by atoms with Gasteiger partial charge in [0.1, 0.15) is 24.0 Å². The largest absolute Gasteiger partial charge is 0.496 e. The van der Waals surface area contributed by atoms with Crippen molar-refractivity contribution in [1.82, 2.24) is 4.90 Å². The van der Waals surface area contributed by atoms with Crippen LogP contribution >= 0.6 is 11.6 Å². The van der Waals surface area contributed by atoms with Crippen molar-refractivity contribution in [2.75, 3.05) is 13.8 Å². The Kier molecular flexibility index (Phi) is 5.14. The highest BCUT2D eigenvalue weighted by Gasteiger charge is 2.33. The normalized spacial score (nSPS) is 16.5. The maximum atomic E-state index is 12.9. The van der Waals surface area contributed by atoms with E-state index in [1.54, 1.807) is 31.4 Å². The molecule has 2 heterocycles. The highest BCUT2D eigenvalue weighted by atomic mass is 35.5. The Morgan fingerprint density at radius 1 is 1.13 bits per heavy atom. The Labute approximate surface area is 185 Å². The van der Waals surface area contributed by atoms with E-state index < -0.39 is 0 Å². The maximum Gasteiger partial charge on any atom is 0.231 e. The van der Waals surface area contributed by atoms with Gasteiger partial charge >= 0.3 is 0 Å². The van der Waals surface area contributed by atoms with Crippen LogP contribution in [-0.4, -0.2) is 24.5 Å². The van der Waals surface area contributed by atoms with Gasteiger partial charge in [0.25, 0.3) is 0 Å². The molecule has 5 nitrogen and oxygen atoms in total. The van der Waals surface area contributed by atoms with Crippen LogP contribution in [0.3, 0.4) is 0 Å². The summed E-state index contributed by atoms with van der Waals surface area (Å²) < 4.78 is 17.5. The van der Waals surface area contributed by atoms with Crippen LogP contribution in [0.1, 0.15) is 27.0 Å². The van der Waals surface area contributed by atoms with Crippen LogP contribution in [0, 0.1) is 0 Å². The van der Waals surface area contributed by atoms with Crippen molar-refractivity contribution in [1.29, 1.82) is 0 Å². The van der Waals surface area contributed by atoms with Gasteiger partial charge in [0.15, 0.2) is 5.76 Å². The van der Waals surface area contributed by atoms with Gasteiger partial charge in [-0.05, 0) is 42.0 Å². The summed E-state index contributed by atoms with van der Waals surface area (Å²) in [5.74, 6) is 2.30. The molecule has 31 heavy (non-hydrogen) atoms. The smallest absolute Gasteiger partial charge is 0.231 e. The second-order valence-corrected chi connectivity index (χ2v) is 7.92. The number of allylic oxidation sites excluding steroid dienone is 1. The molecule has 156 valence electrons. The fourth-order valence-corrected chi connectivity index (χ4v) is 4.13. The second kappa shape index (κ2) is 8.10. The molecule has 3 aromatic rings. The fourth-order valence-electron chi connectivity index (χ4n) is 3.93. The summed E-state index contributed by atoms with van der Waals surface area (Å²) in [4.78, 5) is 15.1. The predicted octanol–water partition coefficient (Wildman–Crippen LogP) is 5.32. The highest BCUT2D eigenvalue weighted by Crippen LogP contribution is 2.42. The summed E-state index contributed by atoms with van der Waals surface area (Å²) in [6.07, 6.45) is 1.72. The standard InChI is InChI=1S/C25H20ClNO4/c1-29-21-8-3-2-6-17(21)13-27-14-20-22(30-15-27)10-9-19-24(28)23(31-25(19)20)12-16-5-4-7-18(26)11-16/h2-12H,13-15H2,1H3/b23-12-. The lowest BCUT2D eigenvalue weighted by Crippen LogP contribution is -2.31. The van der Waals surface area contributed by atoms with Crippen LogP contribution < -0.4 is 14.2 Å². The SMILES string of the molecule is COc1ccccc1CN1COc2ccc3c(c2C1)O/C(=C\c1cccc(Cl)c1)C3=O. The van der Waals surface area contributed by atoms with E-state index in [4.69, 9.17) is 25.8 Å². The van der Waals surface area contributed by atoms with Crippen LogP contribution in [0.15, 0.2) is 66.4 Å². The first-order valence-corrected chi connectivity index (χ1v) is 10.3. The summed E-state index contributed by atoms with van der Waals surface area (Å²) in [6, 6.07) is 18.8. The molecule has 0 amide bonds. The zero-order valence-corrected chi connectivity index (χ0v) is 17.7. The molecule has 2 aliphatic heterocycles. The van der Waals surface area contributed by atoms with Gasteiger partial charge in [0, 0.05) is 23.7 Å². The summed E-state index contributed by atoms with van der Waals surface area (Å²) in [5, 5.41) is 0.607. The molecule has 0 radical (unpaired) electrons. The molecule has 0 unspecified atom stereocenters. The Morgan fingerprint density at radius 2 is 2.00 bits per heavy atom. The third-order valence-electron chi connectivity index (χ3n) is 5.42. The predicted molar refractivity (Wildman–Crippen MR) is 119 cm³/mol. The summed E-state index contributed by atoms with van der Waals surface area (Å²) in [7, 11) is 1.67. The van der Waals surface area contributed by atoms with E-state index in [0.717, 1.165) is 28.2 Å². The molecule has 5 rings (SSSR count). The fraction of sp³-hybridized carbons (Fsp3) is 0.160. The molecule has 2 aliphatic rings. The number of nitrogens with zero attached hydrogens (tertiary/aromatic N) is 1. The van der Waals surface area contributed by atoms with E-state index in [1.807, 2.05) is 42.5 Å². The highest BCUT2D eigenvalue weighted by molar-refractivity contribution is 6.30. The quantitative estimate of drug-likeness (QED) is 0.521. The summed E-state index contributed by atoms with van der Waals surface area (Å²) in [6.45, 7) is 1.71. The first-order chi connectivity index (χ1) is 15.1. The van der Waals surface area contributed by atoms with E-state index in [-0.39, 0.29) is 11.5 Å². The molecule has 0 saturated carbocycles. The topological polar surface area (TPSA) is 48.0 Å². The van der Waals surface area contributed by atoms with Crippen LogP contribution in [0.25, 0.3) is 6.08 Å². The number of para-hydroxylation sites is 1. The van der Waals surface area contributed by atoms with Gasteiger partial charge in [-0.1, -0.05) is 41.9 Å². The number of rotatable bonds is 4. The lowest BCUT2D eigenvalue weighted by Gasteiger charge is -2.30. The number of carbonyl (C=O) groups is 1. The summed E-state index contributed by atoms with van der Waals surface area (Å²) in [5.41, 5.74) is 3.31. The third kappa shape index (κ3) is 3.78. The van der Waals surface area contributed by atoms with E-state index >= 15 is 0 Å². The average Bonchev–Trinajstić information content (AvgIpc) is 3.10. The second-order valence-electron chi connectivity index (χ2n) is 7.49. The Morgan fingerprint density at radius 3 is 2.84 bits per heavy atom. The van der Waals surface area contributed by atoms with Gasteiger partial charge in [0.2, 0.25) is 5.78 Å². The molecule has 3 aromatic carbocycles. The number of halogens is 1. The number of carbonyl (C=O) groups excluding carboxylic acids is 1. The lowest BCUT2D eigenvalue weighted by molar-refractivity contribution is 0.0865. The molecule has 0 saturated heterocycles. The molecule has 6 heteroatoms. The van der Waals surface area contributed by atoms with Crippen molar-refractivity contribution >= 4 is 23.5 Å². The van der Waals surface area contributed by atoms with Crippen LogP contribution in [0.2, 0.25) is 5.02 Å². The first-order valence-electron chi connectivity index (χ1n) is 9.95. The van der Waals surface area contributed by atoms with E-state index in [2.05, 4.69) is 4.90 Å². The first kappa shape index (κ1) is 19.7. The van der Waals surface area contributed by atoms with E-state index in [1.165, 1.54) is 0 Å². The molecule has 0 aromatic heterocycles. The van der Waals surface area contributed by atoms with Gasteiger partial charge in [-0.15, -0.1) is 0 Å². The number of hydrogen-bond acceptors (Lipinski definition) is 5. The van der Waals surface area contributed by atoms with Crippen molar-refractivity contribution in [3.63, 3.8) is 0 Å².